The maximum atomic E-state index is 5.32. The molecule has 0 fully saturated rings. The smallest absolute Gasteiger partial charge is 0.118 e. The molecule has 27 heavy (non-hydrogen) atoms. The van der Waals surface area contributed by atoms with Crippen LogP contribution in [-0.2, 0) is 13.1 Å². The second-order valence-electron chi connectivity index (χ2n) is 7.51. The largest absolute Gasteiger partial charge is 0.497 e. The maximum Gasteiger partial charge on any atom is 0.118 e. The van der Waals surface area contributed by atoms with Crippen molar-refractivity contribution in [2.24, 2.45) is 0 Å². The Balaban J connectivity index is 1.76. The number of hydrogen-bond donors (Lipinski definition) is 0. The van der Waals surface area contributed by atoms with Crippen LogP contribution in [0.3, 0.4) is 0 Å². The molecule has 0 N–H and O–H groups in total. The van der Waals surface area contributed by atoms with Crippen molar-refractivity contribution in [3.63, 3.8) is 0 Å². The van der Waals surface area contributed by atoms with Gasteiger partial charge in [-0.25, -0.2) is 0 Å². The highest BCUT2D eigenvalue weighted by atomic mass is 16.5. The molecular weight excluding hydrogens is 332 g/mol. The standard InChI is InChI=1S/C24H28N2O/c1-18-7-4-8-19(2)23(18)24-22-9-5-14-25(22)15-6-16-26(24)17-20-10-12-21(27-3)13-11-20/h4-5,7-14,24H,6,15-17H2,1-3H3. The zero-order valence-electron chi connectivity index (χ0n) is 16.5. The number of fused-ring (bicyclic) bond motifs is 1. The van der Waals surface area contributed by atoms with Crippen LogP contribution in [0.2, 0.25) is 0 Å². The summed E-state index contributed by atoms with van der Waals surface area (Å²) >= 11 is 0. The minimum atomic E-state index is 0.283. The molecule has 0 bridgehead atoms. The molecule has 3 aromatic rings. The van der Waals surface area contributed by atoms with Gasteiger partial charge in [0.25, 0.3) is 0 Å². The molecule has 0 aliphatic carbocycles. The van der Waals surface area contributed by atoms with Crippen LogP contribution >= 0.6 is 0 Å². The first-order valence-corrected chi connectivity index (χ1v) is 9.75. The Morgan fingerprint density at radius 3 is 2.37 bits per heavy atom. The van der Waals surface area contributed by atoms with E-state index in [-0.39, 0.29) is 6.04 Å². The van der Waals surface area contributed by atoms with Gasteiger partial charge in [-0.1, -0.05) is 30.3 Å². The molecule has 1 aliphatic rings. The molecule has 0 saturated carbocycles. The fourth-order valence-corrected chi connectivity index (χ4v) is 4.36. The van der Waals surface area contributed by atoms with Gasteiger partial charge >= 0.3 is 0 Å². The number of hydrogen-bond acceptors (Lipinski definition) is 2. The Kier molecular flexibility index (Phi) is 5.04. The first-order valence-electron chi connectivity index (χ1n) is 9.75. The zero-order valence-corrected chi connectivity index (χ0v) is 16.5. The minimum absolute atomic E-state index is 0.283. The molecule has 1 atom stereocenters. The van der Waals surface area contributed by atoms with Gasteiger partial charge in [0.1, 0.15) is 5.75 Å². The van der Waals surface area contributed by atoms with Gasteiger partial charge in [0.05, 0.1) is 13.2 Å². The zero-order chi connectivity index (χ0) is 18.8. The van der Waals surface area contributed by atoms with Crippen LogP contribution in [0.4, 0.5) is 0 Å². The van der Waals surface area contributed by atoms with Crippen LogP contribution in [-0.4, -0.2) is 23.1 Å². The van der Waals surface area contributed by atoms with Gasteiger partial charge in [0.2, 0.25) is 0 Å². The van der Waals surface area contributed by atoms with E-state index in [0.29, 0.717) is 0 Å². The van der Waals surface area contributed by atoms with Crippen molar-refractivity contribution in [1.29, 1.82) is 0 Å². The Bertz CT molecular complexity index is 890. The van der Waals surface area contributed by atoms with Crippen molar-refractivity contribution in [3.8, 4) is 5.75 Å². The predicted octanol–water partition coefficient (Wildman–Crippen LogP) is 5.11. The minimum Gasteiger partial charge on any atom is -0.497 e. The molecule has 0 amide bonds. The Hall–Kier alpha value is -2.52. The predicted molar refractivity (Wildman–Crippen MR) is 110 cm³/mol. The lowest BCUT2D eigenvalue weighted by Gasteiger charge is -2.32. The molecule has 1 aliphatic heterocycles. The number of ether oxygens (including phenoxy) is 1. The molecule has 0 spiro atoms. The van der Waals surface area contributed by atoms with Gasteiger partial charge in [-0.2, -0.15) is 0 Å². The second kappa shape index (κ2) is 7.61. The molecule has 0 radical (unpaired) electrons. The van der Waals surface area contributed by atoms with E-state index >= 15 is 0 Å². The molecular formula is C24H28N2O. The van der Waals surface area contributed by atoms with Crippen LogP contribution < -0.4 is 4.74 Å². The summed E-state index contributed by atoms with van der Waals surface area (Å²) < 4.78 is 7.76. The summed E-state index contributed by atoms with van der Waals surface area (Å²) in [5, 5.41) is 0. The highest BCUT2D eigenvalue weighted by Crippen LogP contribution is 2.36. The van der Waals surface area contributed by atoms with E-state index in [1.54, 1.807) is 7.11 Å². The van der Waals surface area contributed by atoms with E-state index in [9.17, 15) is 0 Å². The Morgan fingerprint density at radius 1 is 0.926 bits per heavy atom. The molecule has 2 aromatic carbocycles. The van der Waals surface area contributed by atoms with E-state index < -0.39 is 0 Å². The Morgan fingerprint density at radius 2 is 1.67 bits per heavy atom. The number of methoxy groups -OCH3 is 1. The summed E-state index contributed by atoms with van der Waals surface area (Å²) in [4.78, 5) is 2.63. The van der Waals surface area contributed by atoms with Gasteiger partial charge in [-0.05, 0) is 66.8 Å². The maximum absolute atomic E-state index is 5.32. The molecule has 2 heterocycles. The second-order valence-corrected chi connectivity index (χ2v) is 7.51. The van der Waals surface area contributed by atoms with Gasteiger partial charge in [0, 0.05) is 31.5 Å². The molecule has 3 heteroatoms. The van der Waals surface area contributed by atoms with Crippen LogP contribution in [0.5, 0.6) is 5.75 Å². The molecule has 0 saturated heterocycles. The highest BCUT2D eigenvalue weighted by molar-refractivity contribution is 5.41. The number of nitrogens with zero attached hydrogens (tertiary/aromatic N) is 2. The third kappa shape index (κ3) is 3.52. The van der Waals surface area contributed by atoms with E-state index in [2.05, 4.69) is 84.1 Å². The summed E-state index contributed by atoms with van der Waals surface area (Å²) in [7, 11) is 1.72. The third-order valence-electron chi connectivity index (χ3n) is 5.71. The summed E-state index contributed by atoms with van der Waals surface area (Å²) in [5.74, 6) is 0.912. The quantitative estimate of drug-likeness (QED) is 0.643. The van der Waals surface area contributed by atoms with Crippen molar-refractivity contribution in [3.05, 3.63) is 88.7 Å². The van der Waals surface area contributed by atoms with Crippen LogP contribution in [0.25, 0.3) is 0 Å². The monoisotopic (exact) mass is 360 g/mol. The lowest BCUT2D eigenvalue weighted by Crippen LogP contribution is -2.30. The van der Waals surface area contributed by atoms with Crippen molar-refractivity contribution >= 4 is 0 Å². The van der Waals surface area contributed by atoms with Crippen LogP contribution in [0.1, 0.15) is 40.4 Å². The fourth-order valence-electron chi connectivity index (χ4n) is 4.36. The average Bonchev–Trinajstić information content (AvgIpc) is 3.06. The molecule has 1 unspecified atom stereocenters. The SMILES string of the molecule is COc1ccc(CN2CCCn3cccc3C2c2c(C)cccc2C)cc1. The molecule has 3 nitrogen and oxygen atoms in total. The van der Waals surface area contributed by atoms with Crippen LogP contribution in [0, 0.1) is 13.8 Å². The van der Waals surface area contributed by atoms with Crippen molar-refractivity contribution < 1.29 is 4.74 Å². The lowest BCUT2D eigenvalue weighted by molar-refractivity contribution is 0.219. The fraction of sp³-hybridized carbons (Fsp3) is 0.333. The first-order chi connectivity index (χ1) is 13.2. The summed E-state index contributed by atoms with van der Waals surface area (Å²) in [6, 6.07) is 19.9. The summed E-state index contributed by atoms with van der Waals surface area (Å²) in [6.45, 7) is 7.60. The third-order valence-corrected chi connectivity index (χ3v) is 5.71. The Labute approximate surface area is 162 Å². The van der Waals surface area contributed by atoms with E-state index in [1.807, 2.05) is 0 Å². The van der Waals surface area contributed by atoms with E-state index in [0.717, 1.165) is 25.4 Å². The topological polar surface area (TPSA) is 17.4 Å². The molecule has 140 valence electrons. The number of rotatable bonds is 4. The number of benzene rings is 2. The van der Waals surface area contributed by atoms with Crippen molar-refractivity contribution in [2.75, 3.05) is 13.7 Å². The number of aryl methyl sites for hydroxylation is 3. The van der Waals surface area contributed by atoms with Gasteiger partial charge < -0.3 is 9.30 Å². The summed E-state index contributed by atoms with van der Waals surface area (Å²) in [6.07, 6.45) is 3.39. The van der Waals surface area contributed by atoms with E-state index in [4.69, 9.17) is 4.74 Å². The summed E-state index contributed by atoms with van der Waals surface area (Å²) in [5.41, 5.74) is 6.92. The van der Waals surface area contributed by atoms with Gasteiger partial charge in [-0.3, -0.25) is 4.90 Å². The first kappa shape index (κ1) is 17.9. The van der Waals surface area contributed by atoms with Gasteiger partial charge in [-0.15, -0.1) is 0 Å². The van der Waals surface area contributed by atoms with Crippen molar-refractivity contribution in [1.82, 2.24) is 9.47 Å². The van der Waals surface area contributed by atoms with Crippen molar-refractivity contribution in [2.45, 2.75) is 39.4 Å². The highest BCUT2D eigenvalue weighted by Gasteiger charge is 2.29. The van der Waals surface area contributed by atoms with Gasteiger partial charge in [0.15, 0.2) is 0 Å². The normalized spacial score (nSPS) is 17.4. The number of aromatic nitrogens is 1. The molecule has 1 aromatic heterocycles. The average molecular weight is 361 g/mol. The lowest BCUT2D eigenvalue weighted by atomic mass is 9.92. The van der Waals surface area contributed by atoms with Crippen LogP contribution in [0.15, 0.2) is 60.8 Å². The van der Waals surface area contributed by atoms with E-state index in [1.165, 1.54) is 34.4 Å². The molecule has 4 rings (SSSR count).